The normalized spacial score (nSPS) is 22.9. The molecule has 0 radical (unpaired) electrons. The molecule has 0 aliphatic heterocycles. The Bertz CT molecular complexity index is 1410. The molecule has 0 saturated heterocycles. The van der Waals surface area contributed by atoms with Crippen molar-refractivity contribution in [2.45, 2.75) is 47.1 Å². The summed E-state index contributed by atoms with van der Waals surface area (Å²) >= 11 is 0. The van der Waals surface area contributed by atoms with Crippen molar-refractivity contribution in [1.82, 2.24) is 4.98 Å². The highest BCUT2D eigenvalue weighted by atomic mass is 17.3. The quantitative estimate of drug-likeness (QED) is 0.501. The predicted molar refractivity (Wildman–Crippen MR) is 116 cm³/mol. The van der Waals surface area contributed by atoms with Gasteiger partial charge >= 0.3 is 0 Å². The van der Waals surface area contributed by atoms with Gasteiger partial charge in [-0.3, -0.25) is 9.68 Å². The van der Waals surface area contributed by atoms with E-state index in [-0.39, 0.29) is 22.6 Å². The highest BCUT2D eigenvalue weighted by molar-refractivity contribution is 6.09. The first-order chi connectivity index (χ1) is 13.9. The van der Waals surface area contributed by atoms with E-state index in [0.717, 1.165) is 10.8 Å². The minimum absolute atomic E-state index is 0.0936. The van der Waals surface area contributed by atoms with E-state index in [1.165, 1.54) is 0 Å². The molecular weight excluding hydrogens is 380 g/mol. The zero-order chi connectivity index (χ0) is 21.8. The number of benzene rings is 1. The average Bonchev–Trinajstić information content (AvgIpc) is 2.76. The van der Waals surface area contributed by atoms with Gasteiger partial charge in [-0.2, -0.15) is 5.90 Å². The van der Waals surface area contributed by atoms with Crippen molar-refractivity contribution >= 4 is 33.3 Å². The van der Waals surface area contributed by atoms with Gasteiger partial charge in [0.2, 0.25) is 0 Å². The third-order valence-electron chi connectivity index (χ3n) is 6.60. The second-order valence-corrected chi connectivity index (χ2v) is 10.6. The van der Waals surface area contributed by atoms with Crippen LogP contribution in [0, 0.1) is 16.7 Å². The molecule has 4 aliphatic carbocycles. The summed E-state index contributed by atoms with van der Waals surface area (Å²) in [5.41, 5.74) is -0.0996. The van der Waals surface area contributed by atoms with Crippen molar-refractivity contribution < 1.29 is 15.0 Å². The van der Waals surface area contributed by atoms with Gasteiger partial charge in [-0.1, -0.05) is 64.7 Å². The van der Waals surface area contributed by atoms with Crippen LogP contribution in [0.2, 0.25) is 0 Å². The van der Waals surface area contributed by atoms with Crippen LogP contribution in [0.1, 0.15) is 47.1 Å². The number of nitrogens with zero attached hydrogens (tertiary/aromatic N) is 1. The van der Waals surface area contributed by atoms with E-state index in [1.807, 2.05) is 12.1 Å². The lowest BCUT2D eigenvalue weighted by atomic mass is 9.56. The fraction of sp³-hybridized carbons (Fsp3) is 0.417. The molecule has 6 heteroatoms. The van der Waals surface area contributed by atoms with Crippen LogP contribution in [-0.2, 0) is 10.6 Å². The van der Waals surface area contributed by atoms with Gasteiger partial charge in [0.25, 0.3) is 5.88 Å². The molecule has 3 N–H and O–H groups in total. The monoisotopic (exact) mass is 406 g/mol. The maximum absolute atomic E-state index is 13.8. The largest absolute Gasteiger partial charge is 0.380 e. The second kappa shape index (κ2) is 5.58. The van der Waals surface area contributed by atoms with Crippen molar-refractivity contribution in [2.24, 2.45) is 22.6 Å². The maximum Gasteiger partial charge on any atom is 0.266 e. The SMILES string of the molecule is CC(C)(C)C1=c2c3c4nc(OON)c5cccc(c2=O)c5c4C1(O)C(C(C)(C)C)C=3. The molecule has 4 aliphatic rings. The molecule has 6 bridgehead atoms. The van der Waals surface area contributed by atoms with Crippen LogP contribution in [0.3, 0.4) is 0 Å². The Morgan fingerprint density at radius 2 is 1.80 bits per heavy atom. The predicted octanol–water partition coefficient (Wildman–Crippen LogP) is 2.22. The van der Waals surface area contributed by atoms with Crippen LogP contribution in [0.15, 0.2) is 23.0 Å². The Hall–Kier alpha value is -2.54. The number of hydrogen-bond acceptors (Lipinski definition) is 6. The molecule has 2 aromatic carbocycles. The molecule has 0 fully saturated rings. The first-order valence-electron chi connectivity index (χ1n) is 10.2. The number of pyridine rings is 1. The van der Waals surface area contributed by atoms with E-state index in [0.29, 0.717) is 32.5 Å². The first kappa shape index (κ1) is 19.4. The number of rotatable bonds is 2. The van der Waals surface area contributed by atoms with E-state index in [4.69, 9.17) is 10.8 Å². The third-order valence-corrected chi connectivity index (χ3v) is 6.60. The van der Waals surface area contributed by atoms with Gasteiger partial charge in [0.15, 0.2) is 5.43 Å². The molecule has 0 spiro atoms. The van der Waals surface area contributed by atoms with E-state index in [9.17, 15) is 9.90 Å². The number of hydrogen-bond donors (Lipinski definition) is 2. The van der Waals surface area contributed by atoms with Crippen molar-refractivity contribution in [3.8, 4) is 5.88 Å². The van der Waals surface area contributed by atoms with Gasteiger partial charge in [-0.05, 0) is 22.5 Å². The summed E-state index contributed by atoms with van der Waals surface area (Å²) in [6.07, 6.45) is 2.02. The minimum atomic E-state index is -1.36. The summed E-state index contributed by atoms with van der Waals surface area (Å²) in [6, 6.07) is 5.40. The van der Waals surface area contributed by atoms with Gasteiger partial charge < -0.3 is 5.11 Å². The van der Waals surface area contributed by atoms with Crippen molar-refractivity contribution in [3.05, 3.63) is 44.4 Å². The van der Waals surface area contributed by atoms with E-state index < -0.39 is 11.0 Å². The third kappa shape index (κ3) is 2.14. The fourth-order valence-corrected chi connectivity index (χ4v) is 5.72. The summed E-state index contributed by atoms with van der Waals surface area (Å²) in [7, 11) is 0. The average molecular weight is 406 g/mol. The standard InChI is InChI=1S/C24H26N2O4/c1-22(2,3)14-10-13-16-19(27)11-8-7-9-12-15(11)17(18(13)26-21(12)29-30-25)24(14,28)20(16)23(4,5)6/h7-10,14,28H,25H2,1-6H3. The molecule has 2 atom stereocenters. The highest BCUT2D eigenvalue weighted by Gasteiger charge is 2.56. The first-order valence-corrected chi connectivity index (χ1v) is 10.2. The molecule has 30 heavy (non-hydrogen) atoms. The van der Waals surface area contributed by atoms with Crippen molar-refractivity contribution in [1.29, 1.82) is 0 Å². The molecule has 7 rings (SSSR count). The Morgan fingerprint density at radius 3 is 2.40 bits per heavy atom. The van der Waals surface area contributed by atoms with E-state index in [2.05, 4.69) is 51.5 Å². The lowest BCUT2D eigenvalue weighted by Gasteiger charge is -2.50. The lowest BCUT2D eigenvalue weighted by molar-refractivity contribution is -0.213. The highest BCUT2D eigenvalue weighted by Crippen LogP contribution is 2.57. The van der Waals surface area contributed by atoms with Gasteiger partial charge in [-0.25, -0.2) is 4.98 Å². The second-order valence-electron chi connectivity index (χ2n) is 10.6. The Kier molecular flexibility index (Phi) is 3.61. The number of aliphatic hydroxyl groups is 1. The smallest absolute Gasteiger partial charge is 0.266 e. The van der Waals surface area contributed by atoms with Crippen LogP contribution in [-0.4, -0.2) is 10.1 Å². The summed E-state index contributed by atoms with van der Waals surface area (Å²) in [6.45, 7) is 12.5. The molecule has 3 aromatic rings. The van der Waals surface area contributed by atoms with Gasteiger partial charge in [0.05, 0.1) is 5.52 Å². The van der Waals surface area contributed by atoms with E-state index in [1.54, 1.807) is 12.1 Å². The molecule has 0 saturated carbocycles. The topological polar surface area (TPSA) is 94.7 Å². The van der Waals surface area contributed by atoms with Crippen molar-refractivity contribution in [2.75, 3.05) is 0 Å². The Labute approximate surface area is 173 Å². The zero-order valence-corrected chi connectivity index (χ0v) is 18.1. The number of fused-ring (bicyclic) bond motifs is 1. The van der Waals surface area contributed by atoms with Crippen molar-refractivity contribution in [3.63, 3.8) is 0 Å². The van der Waals surface area contributed by atoms with Crippen LogP contribution in [0.25, 0.3) is 33.3 Å². The Balaban J connectivity index is 2.19. The molecular formula is C24H26N2O4. The molecule has 6 nitrogen and oxygen atoms in total. The molecule has 0 amide bonds. The lowest BCUT2D eigenvalue weighted by Crippen LogP contribution is -2.59. The van der Waals surface area contributed by atoms with Gasteiger partial charge in [0.1, 0.15) is 5.60 Å². The van der Waals surface area contributed by atoms with Gasteiger partial charge in [0, 0.05) is 38.1 Å². The fourth-order valence-electron chi connectivity index (χ4n) is 5.72. The van der Waals surface area contributed by atoms with Gasteiger partial charge in [-0.15, -0.1) is 0 Å². The van der Waals surface area contributed by atoms with Crippen LogP contribution < -0.4 is 26.7 Å². The molecule has 2 unspecified atom stereocenters. The molecule has 1 heterocycles. The van der Waals surface area contributed by atoms with Crippen LogP contribution in [0.5, 0.6) is 5.88 Å². The molecule has 1 aromatic heterocycles. The Morgan fingerprint density at radius 1 is 1.13 bits per heavy atom. The summed E-state index contributed by atoms with van der Waals surface area (Å²) in [4.78, 5) is 28.1. The summed E-state index contributed by atoms with van der Waals surface area (Å²) in [5.74, 6) is 5.13. The maximum atomic E-state index is 13.8. The molecule has 156 valence electrons. The van der Waals surface area contributed by atoms with E-state index >= 15 is 0 Å². The number of nitrogens with two attached hydrogens (primary N) is 1. The van der Waals surface area contributed by atoms with Crippen LogP contribution in [0.4, 0.5) is 0 Å². The summed E-state index contributed by atoms with van der Waals surface area (Å²) < 4.78 is 0. The zero-order valence-electron chi connectivity index (χ0n) is 18.1. The minimum Gasteiger partial charge on any atom is -0.380 e. The number of aromatic nitrogens is 1. The summed E-state index contributed by atoms with van der Waals surface area (Å²) in [5, 5.41) is 15.7. The van der Waals surface area contributed by atoms with Crippen LogP contribution >= 0.6 is 0 Å².